The average Bonchev–Trinajstić information content (AvgIpc) is 3.20. The number of fused-ring (bicyclic) bond motifs is 1. The fourth-order valence-corrected chi connectivity index (χ4v) is 3.77. The number of aromatic nitrogens is 3. The summed E-state index contributed by atoms with van der Waals surface area (Å²) in [4.78, 5) is 29.2. The van der Waals surface area contributed by atoms with E-state index in [1.54, 1.807) is 43.4 Å². The van der Waals surface area contributed by atoms with Gasteiger partial charge in [-0.2, -0.15) is 10.4 Å². The maximum absolute atomic E-state index is 12.6. The summed E-state index contributed by atoms with van der Waals surface area (Å²) in [7, 11) is 1.57. The summed E-state index contributed by atoms with van der Waals surface area (Å²) in [5.41, 5.74) is 2.38. The Morgan fingerprint density at radius 2 is 2.00 bits per heavy atom. The number of anilines is 1. The normalized spacial score (nSPS) is 10.6. The van der Waals surface area contributed by atoms with E-state index in [-0.39, 0.29) is 17.9 Å². The van der Waals surface area contributed by atoms with E-state index in [0.717, 1.165) is 5.56 Å². The summed E-state index contributed by atoms with van der Waals surface area (Å²) in [5, 5.41) is 19.5. The zero-order valence-corrected chi connectivity index (χ0v) is 16.2. The lowest BCUT2D eigenvalue weighted by Gasteiger charge is -2.07. The van der Waals surface area contributed by atoms with Crippen molar-refractivity contribution in [2.75, 3.05) is 5.32 Å². The number of amides is 1. The minimum absolute atomic E-state index is 0.0213. The molecule has 2 heterocycles. The molecule has 0 aliphatic rings. The van der Waals surface area contributed by atoms with Gasteiger partial charge in [-0.3, -0.25) is 9.59 Å². The second kappa shape index (κ2) is 7.66. The first-order valence-electron chi connectivity index (χ1n) is 8.76. The second-order valence-corrected chi connectivity index (χ2v) is 7.23. The number of nitrogens with zero attached hydrogens (tertiary/aromatic N) is 4. The number of nitrogens with one attached hydrogen (secondary N) is 1. The zero-order valence-electron chi connectivity index (χ0n) is 15.4. The van der Waals surface area contributed by atoms with Crippen LogP contribution >= 0.6 is 11.3 Å². The van der Waals surface area contributed by atoms with E-state index in [0.29, 0.717) is 32.9 Å². The fraction of sp³-hybridized carbons (Fsp3) is 0.0952. The van der Waals surface area contributed by atoms with Crippen LogP contribution in [0, 0.1) is 11.3 Å². The minimum atomic E-state index is -0.270. The Balaban J connectivity index is 1.55. The SMILES string of the molecule is Cn1nc(CC(=O)Nc2nc(-c3cccc(C#N)c3)cs2)c2ccccc2c1=O. The van der Waals surface area contributed by atoms with E-state index in [4.69, 9.17) is 5.26 Å². The number of aryl methyl sites for hydroxylation is 1. The van der Waals surface area contributed by atoms with Gasteiger partial charge in [0.15, 0.2) is 5.13 Å². The molecule has 0 unspecified atom stereocenters. The van der Waals surface area contributed by atoms with Crippen LogP contribution in [0.2, 0.25) is 0 Å². The molecule has 1 N–H and O–H groups in total. The monoisotopic (exact) mass is 401 g/mol. The number of carbonyl (C=O) groups is 1. The van der Waals surface area contributed by atoms with Gasteiger partial charge in [0.25, 0.3) is 5.56 Å². The van der Waals surface area contributed by atoms with Gasteiger partial charge in [0, 0.05) is 23.4 Å². The molecule has 8 heteroatoms. The first kappa shape index (κ1) is 18.5. The molecule has 142 valence electrons. The topological polar surface area (TPSA) is 101 Å². The highest BCUT2D eigenvalue weighted by Gasteiger charge is 2.14. The van der Waals surface area contributed by atoms with Crippen LogP contribution in [0.15, 0.2) is 58.7 Å². The van der Waals surface area contributed by atoms with Crippen molar-refractivity contribution in [2.24, 2.45) is 7.05 Å². The average molecular weight is 401 g/mol. The minimum Gasteiger partial charge on any atom is -0.302 e. The number of hydrogen-bond donors (Lipinski definition) is 1. The largest absolute Gasteiger partial charge is 0.302 e. The Bertz CT molecular complexity index is 1330. The van der Waals surface area contributed by atoms with Gasteiger partial charge in [0.2, 0.25) is 5.91 Å². The molecule has 4 rings (SSSR count). The summed E-state index contributed by atoms with van der Waals surface area (Å²) >= 11 is 1.30. The smallest absolute Gasteiger partial charge is 0.274 e. The molecule has 2 aromatic heterocycles. The summed E-state index contributed by atoms with van der Waals surface area (Å²) in [6, 6.07) is 16.3. The van der Waals surface area contributed by atoms with Crippen LogP contribution in [0.1, 0.15) is 11.3 Å². The van der Waals surface area contributed by atoms with Crippen molar-refractivity contribution in [3.63, 3.8) is 0 Å². The highest BCUT2D eigenvalue weighted by atomic mass is 32.1. The van der Waals surface area contributed by atoms with Crippen LogP contribution in [0.4, 0.5) is 5.13 Å². The van der Waals surface area contributed by atoms with Crippen molar-refractivity contribution in [1.29, 1.82) is 5.26 Å². The van der Waals surface area contributed by atoms with E-state index in [2.05, 4.69) is 21.5 Å². The van der Waals surface area contributed by atoms with Crippen LogP contribution in [0.25, 0.3) is 22.0 Å². The molecule has 0 saturated heterocycles. The van der Waals surface area contributed by atoms with Gasteiger partial charge in [-0.25, -0.2) is 9.67 Å². The molecule has 0 fully saturated rings. The first-order valence-corrected chi connectivity index (χ1v) is 9.64. The number of benzene rings is 2. The molecule has 1 amide bonds. The van der Waals surface area contributed by atoms with Crippen molar-refractivity contribution >= 4 is 33.1 Å². The Morgan fingerprint density at radius 3 is 2.79 bits per heavy atom. The van der Waals surface area contributed by atoms with E-state index < -0.39 is 0 Å². The Kier molecular flexibility index (Phi) is 4.89. The number of nitriles is 1. The van der Waals surface area contributed by atoms with Crippen LogP contribution < -0.4 is 10.9 Å². The van der Waals surface area contributed by atoms with Crippen molar-refractivity contribution in [1.82, 2.24) is 14.8 Å². The molecule has 0 saturated carbocycles. The molecule has 0 radical (unpaired) electrons. The molecule has 0 aliphatic carbocycles. The predicted octanol–water partition coefficient (Wildman–Crippen LogP) is 3.11. The lowest BCUT2D eigenvalue weighted by Crippen LogP contribution is -2.24. The first-order chi connectivity index (χ1) is 14.0. The molecule has 7 nitrogen and oxygen atoms in total. The second-order valence-electron chi connectivity index (χ2n) is 6.38. The van der Waals surface area contributed by atoms with Crippen LogP contribution in [0.3, 0.4) is 0 Å². The Morgan fingerprint density at radius 1 is 1.21 bits per heavy atom. The summed E-state index contributed by atoms with van der Waals surface area (Å²) in [6.45, 7) is 0. The number of thiazole rings is 1. The van der Waals surface area contributed by atoms with Gasteiger partial charge < -0.3 is 5.32 Å². The van der Waals surface area contributed by atoms with Crippen LogP contribution in [0.5, 0.6) is 0 Å². The van der Waals surface area contributed by atoms with E-state index in [9.17, 15) is 9.59 Å². The van der Waals surface area contributed by atoms with Crippen molar-refractivity contribution in [3.05, 3.63) is 75.5 Å². The third-order valence-corrected chi connectivity index (χ3v) is 5.16. The molecule has 0 atom stereocenters. The lowest BCUT2D eigenvalue weighted by molar-refractivity contribution is -0.115. The van der Waals surface area contributed by atoms with E-state index in [1.807, 2.05) is 17.5 Å². The number of hydrogen-bond acceptors (Lipinski definition) is 6. The van der Waals surface area contributed by atoms with Crippen molar-refractivity contribution < 1.29 is 4.79 Å². The van der Waals surface area contributed by atoms with Crippen LogP contribution in [-0.2, 0) is 18.3 Å². The molecule has 2 aromatic carbocycles. The van der Waals surface area contributed by atoms with Crippen LogP contribution in [-0.4, -0.2) is 20.7 Å². The van der Waals surface area contributed by atoms with Crippen molar-refractivity contribution in [3.8, 4) is 17.3 Å². The standard InChI is InChI=1S/C21H15N5O2S/c1-26-20(28)16-8-3-2-7-15(16)17(25-26)10-19(27)24-21-23-18(12-29-21)14-6-4-5-13(9-14)11-22/h2-9,12H,10H2,1H3,(H,23,24,27). The van der Waals surface area contributed by atoms with Gasteiger partial charge in [0.05, 0.1) is 34.8 Å². The van der Waals surface area contributed by atoms with Gasteiger partial charge in [0.1, 0.15) is 0 Å². The Hall–Kier alpha value is -3.83. The maximum atomic E-state index is 12.6. The van der Waals surface area contributed by atoms with Crippen molar-refractivity contribution in [2.45, 2.75) is 6.42 Å². The number of carbonyl (C=O) groups excluding carboxylic acids is 1. The zero-order chi connectivity index (χ0) is 20.4. The van der Waals surface area contributed by atoms with E-state index >= 15 is 0 Å². The van der Waals surface area contributed by atoms with Gasteiger partial charge in [-0.05, 0) is 18.2 Å². The molecule has 0 spiro atoms. The Labute approximate surface area is 169 Å². The molecular formula is C21H15N5O2S. The maximum Gasteiger partial charge on any atom is 0.274 e. The fourth-order valence-electron chi connectivity index (χ4n) is 3.03. The molecule has 4 aromatic rings. The quantitative estimate of drug-likeness (QED) is 0.566. The van der Waals surface area contributed by atoms with Gasteiger partial charge in [-0.1, -0.05) is 30.3 Å². The third-order valence-electron chi connectivity index (χ3n) is 4.40. The molecule has 0 bridgehead atoms. The summed E-state index contributed by atoms with van der Waals surface area (Å²) < 4.78 is 1.24. The lowest BCUT2D eigenvalue weighted by atomic mass is 10.1. The number of rotatable bonds is 4. The molecular weight excluding hydrogens is 386 g/mol. The van der Waals surface area contributed by atoms with Gasteiger partial charge >= 0.3 is 0 Å². The molecule has 29 heavy (non-hydrogen) atoms. The van der Waals surface area contributed by atoms with E-state index in [1.165, 1.54) is 16.0 Å². The predicted molar refractivity (Wildman–Crippen MR) is 112 cm³/mol. The van der Waals surface area contributed by atoms with Gasteiger partial charge in [-0.15, -0.1) is 11.3 Å². The highest BCUT2D eigenvalue weighted by Crippen LogP contribution is 2.25. The summed E-state index contributed by atoms with van der Waals surface area (Å²) in [5.74, 6) is -0.270. The highest BCUT2D eigenvalue weighted by molar-refractivity contribution is 7.14. The molecule has 0 aliphatic heterocycles. The summed E-state index contributed by atoms with van der Waals surface area (Å²) in [6.07, 6.45) is 0.0213. The third kappa shape index (κ3) is 3.77.